The van der Waals surface area contributed by atoms with Crippen LogP contribution in [0.2, 0.25) is 0 Å². The molecule has 7 rings (SSSR count). The van der Waals surface area contributed by atoms with Crippen molar-refractivity contribution in [2.75, 3.05) is 26.2 Å². The first kappa shape index (κ1) is 21.2. The van der Waals surface area contributed by atoms with Gasteiger partial charge >= 0.3 is 0 Å². The molecule has 2 aliphatic heterocycles. The van der Waals surface area contributed by atoms with Crippen LogP contribution in [0.3, 0.4) is 0 Å². The zero-order valence-corrected chi connectivity index (χ0v) is 20.6. The number of furan rings is 1. The third-order valence-corrected chi connectivity index (χ3v) is 11.4. The van der Waals surface area contributed by atoms with Gasteiger partial charge in [0.25, 0.3) is 0 Å². The molecule has 4 heteroatoms. The molecule has 3 saturated carbocycles. The summed E-state index contributed by atoms with van der Waals surface area (Å²) in [6.45, 7) is 9.67. The van der Waals surface area contributed by atoms with E-state index in [1.165, 1.54) is 76.4 Å². The molecule has 1 aromatic rings. The number of epoxide rings is 1. The van der Waals surface area contributed by atoms with E-state index >= 15 is 0 Å². The van der Waals surface area contributed by atoms with Crippen LogP contribution >= 0.6 is 0 Å². The van der Waals surface area contributed by atoms with Gasteiger partial charge < -0.3 is 18.8 Å². The Balaban J connectivity index is 1.08. The lowest BCUT2D eigenvalue weighted by atomic mass is 9.46. The van der Waals surface area contributed by atoms with E-state index in [2.05, 4.69) is 30.9 Å². The Kier molecular flexibility index (Phi) is 4.79. The van der Waals surface area contributed by atoms with E-state index in [9.17, 15) is 0 Å². The third kappa shape index (κ3) is 2.93. The van der Waals surface area contributed by atoms with Crippen LogP contribution in [0, 0.1) is 22.7 Å². The first-order valence-corrected chi connectivity index (χ1v) is 13.8. The van der Waals surface area contributed by atoms with E-state index in [4.69, 9.17) is 13.9 Å². The third-order valence-electron chi connectivity index (χ3n) is 11.4. The minimum Gasteiger partial charge on any atom is -0.472 e. The number of fused-ring (bicyclic) bond motifs is 3. The van der Waals surface area contributed by atoms with Crippen LogP contribution < -0.4 is 0 Å². The molecule has 3 heterocycles. The Morgan fingerprint density at radius 1 is 1.09 bits per heavy atom. The van der Waals surface area contributed by atoms with Crippen molar-refractivity contribution in [3.63, 3.8) is 0 Å². The molecule has 4 nitrogen and oxygen atoms in total. The monoisotopic (exact) mass is 451 g/mol. The van der Waals surface area contributed by atoms with E-state index < -0.39 is 0 Å². The van der Waals surface area contributed by atoms with Crippen molar-refractivity contribution in [1.82, 2.24) is 4.90 Å². The zero-order chi connectivity index (χ0) is 22.3. The van der Waals surface area contributed by atoms with Crippen molar-refractivity contribution in [2.24, 2.45) is 22.7 Å². The zero-order valence-electron chi connectivity index (χ0n) is 20.6. The fourth-order valence-electron chi connectivity index (χ4n) is 9.58. The minimum atomic E-state index is 0.121. The summed E-state index contributed by atoms with van der Waals surface area (Å²) in [5, 5.41) is 0. The minimum absolute atomic E-state index is 0.121. The van der Waals surface area contributed by atoms with Crippen LogP contribution in [-0.2, 0) is 9.47 Å². The summed E-state index contributed by atoms with van der Waals surface area (Å²) in [4.78, 5) is 2.56. The van der Waals surface area contributed by atoms with Crippen molar-refractivity contribution in [1.29, 1.82) is 0 Å². The molecule has 1 aromatic heterocycles. The number of likely N-dealkylation sites (tertiary alicyclic amines) is 1. The number of allylic oxidation sites excluding steroid dienone is 1. The second-order valence-electron chi connectivity index (χ2n) is 12.6. The van der Waals surface area contributed by atoms with E-state index in [1.807, 2.05) is 12.5 Å². The fraction of sp³-hybridized carbons (Fsp3) is 0.793. The van der Waals surface area contributed by atoms with Gasteiger partial charge in [0.1, 0.15) is 5.60 Å². The van der Waals surface area contributed by atoms with Crippen molar-refractivity contribution in [2.45, 2.75) is 95.4 Å². The first-order chi connectivity index (χ1) is 16.0. The molecule has 0 radical (unpaired) electrons. The molecule has 6 aliphatic rings. The van der Waals surface area contributed by atoms with Crippen LogP contribution in [-0.4, -0.2) is 49.0 Å². The van der Waals surface area contributed by atoms with Gasteiger partial charge in [0.2, 0.25) is 0 Å². The molecule has 4 aliphatic carbocycles. The van der Waals surface area contributed by atoms with Gasteiger partial charge in [-0.3, -0.25) is 0 Å². The summed E-state index contributed by atoms with van der Waals surface area (Å²) in [5.74, 6) is 2.08. The van der Waals surface area contributed by atoms with Crippen molar-refractivity contribution < 1.29 is 13.9 Å². The van der Waals surface area contributed by atoms with Crippen LogP contribution in [0.5, 0.6) is 0 Å². The van der Waals surface area contributed by atoms with Gasteiger partial charge in [-0.25, -0.2) is 0 Å². The van der Waals surface area contributed by atoms with Gasteiger partial charge in [0, 0.05) is 12.0 Å². The van der Waals surface area contributed by atoms with Crippen molar-refractivity contribution >= 4 is 0 Å². The molecule has 0 aromatic carbocycles. The Morgan fingerprint density at radius 2 is 1.97 bits per heavy atom. The second-order valence-corrected chi connectivity index (χ2v) is 12.6. The molecule has 0 bridgehead atoms. The number of hydrogen-bond donors (Lipinski definition) is 0. The number of ether oxygens (including phenoxy) is 2. The largest absolute Gasteiger partial charge is 0.472 e. The summed E-state index contributed by atoms with van der Waals surface area (Å²) in [7, 11) is 0. The lowest BCUT2D eigenvalue weighted by molar-refractivity contribution is -0.0838. The highest BCUT2D eigenvalue weighted by molar-refractivity contribution is 5.37. The molecule has 3 unspecified atom stereocenters. The van der Waals surface area contributed by atoms with Crippen molar-refractivity contribution in [3.8, 4) is 0 Å². The highest BCUT2D eigenvalue weighted by Crippen LogP contribution is 2.77. The molecule has 33 heavy (non-hydrogen) atoms. The van der Waals surface area contributed by atoms with E-state index in [1.54, 1.807) is 5.57 Å². The molecule has 1 spiro atoms. The van der Waals surface area contributed by atoms with Crippen LogP contribution in [0.1, 0.15) is 83.1 Å². The summed E-state index contributed by atoms with van der Waals surface area (Å²) in [5.41, 5.74) is 3.84. The van der Waals surface area contributed by atoms with Crippen molar-refractivity contribution in [3.05, 3.63) is 35.8 Å². The van der Waals surface area contributed by atoms with Gasteiger partial charge in [0.05, 0.1) is 31.3 Å². The molecule has 2 saturated heterocycles. The summed E-state index contributed by atoms with van der Waals surface area (Å²) in [6, 6.07) is 2.20. The standard InChI is InChI=1S/C29H41NO3/c1-27-10-7-22(32-16-14-30-12-3-4-13-30)17-21(27)5-6-24-23(27)8-11-28(2)25(20-9-15-31-19-20)18-26-29(24,28)33-26/h9,15,17,19,22-26H,3-8,10-14,16,18H2,1-2H3/t22?,23-,24-,25?,26?,27+,28-,29+/m1/s1. The van der Waals surface area contributed by atoms with E-state index in [0.717, 1.165) is 19.1 Å². The van der Waals surface area contributed by atoms with Gasteiger partial charge in [0.15, 0.2) is 0 Å². The topological polar surface area (TPSA) is 38.1 Å². The predicted octanol–water partition coefficient (Wildman–Crippen LogP) is 5.94. The Morgan fingerprint density at radius 3 is 2.79 bits per heavy atom. The summed E-state index contributed by atoms with van der Waals surface area (Å²) in [6.07, 6.45) is 18.8. The summed E-state index contributed by atoms with van der Waals surface area (Å²) >= 11 is 0. The van der Waals surface area contributed by atoms with Gasteiger partial charge in [-0.2, -0.15) is 0 Å². The van der Waals surface area contributed by atoms with E-state index in [-0.39, 0.29) is 11.0 Å². The highest BCUT2D eigenvalue weighted by Gasteiger charge is 2.80. The quantitative estimate of drug-likeness (QED) is 0.410. The molecule has 5 fully saturated rings. The number of nitrogens with zero attached hydrogens (tertiary/aromatic N) is 1. The molecular weight excluding hydrogens is 410 g/mol. The van der Waals surface area contributed by atoms with E-state index in [0.29, 0.717) is 29.5 Å². The molecular formula is C29H41NO3. The highest BCUT2D eigenvalue weighted by atomic mass is 16.6. The van der Waals surface area contributed by atoms with Gasteiger partial charge in [-0.05, 0) is 106 Å². The predicted molar refractivity (Wildman–Crippen MR) is 128 cm³/mol. The van der Waals surface area contributed by atoms with Gasteiger partial charge in [-0.1, -0.05) is 25.5 Å². The van der Waals surface area contributed by atoms with Crippen LogP contribution in [0.4, 0.5) is 0 Å². The lowest BCUT2D eigenvalue weighted by Gasteiger charge is -2.58. The maximum Gasteiger partial charge on any atom is 0.104 e. The average molecular weight is 452 g/mol. The molecule has 0 amide bonds. The number of hydrogen-bond acceptors (Lipinski definition) is 4. The fourth-order valence-corrected chi connectivity index (χ4v) is 9.58. The second kappa shape index (κ2) is 7.45. The molecule has 8 atom stereocenters. The SMILES string of the molecule is C[C@]12CCC(OCCN3CCCC3)C=C1CC[C@@H]1[C@H]2CC[C@]2(C)C(c3ccoc3)CC3O[C@]312. The number of rotatable bonds is 5. The smallest absolute Gasteiger partial charge is 0.104 e. The maximum absolute atomic E-state index is 6.71. The Labute approximate surface area is 199 Å². The first-order valence-electron chi connectivity index (χ1n) is 13.8. The lowest BCUT2D eigenvalue weighted by Crippen LogP contribution is -2.56. The Hall–Kier alpha value is -1.10. The Bertz CT molecular complexity index is 919. The molecule has 0 N–H and O–H groups in total. The van der Waals surface area contributed by atoms with Gasteiger partial charge in [-0.15, -0.1) is 0 Å². The van der Waals surface area contributed by atoms with Crippen LogP contribution in [0.25, 0.3) is 0 Å². The summed E-state index contributed by atoms with van der Waals surface area (Å²) < 4.78 is 18.6. The normalized spacial score (nSPS) is 48.5. The average Bonchev–Trinajstić information content (AvgIpc) is 3.23. The maximum atomic E-state index is 6.71. The molecule has 180 valence electrons. The van der Waals surface area contributed by atoms with Crippen LogP contribution in [0.15, 0.2) is 34.7 Å².